The maximum Gasteiger partial charge on any atom is 0.251 e. The lowest BCUT2D eigenvalue weighted by molar-refractivity contribution is -0.120. The maximum absolute atomic E-state index is 12.0. The Morgan fingerprint density at radius 3 is 2.46 bits per heavy atom. The molecule has 0 saturated carbocycles. The van der Waals surface area contributed by atoms with Crippen LogP contribution in [0.5, 0.6) is 0 Å². The molecule has 2 aromatic carbocycles. The molecule has 0 spiro atoms. The Morgan fingerprint density at radius 1 is 1.00 bits per heavy atom. The molecule has 4 N–H and O–H groups in total. The molecule has 126 valence electrons. The lowest BCUT2D eigenvalue weighted by Gasteiger charge is -2.08. The van der Waals surface area contributed by atoms with Gasteiger partial charge in [-0.2, -0.15) is 0 Å². The molecule has 0 atom stereocenters. The van der Waals surface area contributed by atoms with Crippen LogP contribution in [0.3, 0.4) is 0 Å². The minimum Gasteiger partial charge on any atom is -0.399 e. The normalized spacial score (nSPS) is 10.2. The lowest BCUT2D eigenvalue weighted by Crippen LogP contribution is -2.26. The summed E-state index contributed by atoms with van der Waals surface area (Å²) in [4.78, 5) is 24.0. The van der Waals surface area contributed by atoms with E-state index in [0.717, 1.165) is 17.5 Å². The molecule has 0 saturated heterocycles. The molecule has 5 heteroatoms. The van der Waals surface area contributed by atoms with E-state index in [-0.39, 0.29) is 11.8 Å². The van der Waals surface area contributed by atoms with Gasteiger partial charge in [0.05, 0.1) is 6.42 Å². The Kier molecular flexibility index (Phi) is 6.37. The maximum atomic E-state index is 12.0. The van der Waals surface area contributed by atoms with Crippen LogP contribution in [0.2, 0.25) is 0 Å². The second kappa shape index (κ2) is 8.72. The summed E-state index contributed by atoms with van der Waals surface area (Å²) in [5.74, 6) is -0.160. The van der Waals surface area contributed by atoms with Gasteiger partial charge in [-0.15, -0.1) is 0 Å². The zero-order valence-electron chi connectivity index (χ0n) is 13.8. The van der Waals surface area contributed by atoms with E-state index in [1.165, 1.54) is 0 Å². The predicted octanol–water partition coefficient (Wildman–Crippen LogP) is 2.27. The summed E-state index contributed by atoms with van der Waals surface area (Å²) in [5, 5.41) is 5.71. The Balaban J connectivity index is 1.88. The van der Waals surface area contributed by atoms with Crippen LogP contribution in [-0.2, 0) is 17.8 Å². The molecule has 0 aliphatic heterocycles. The molecular weight excluding hydrogens is 302 g/mol. The van der Waals surface area contributed by atoms with Crippen molar-refractivity contribution < 1.29 is 9.59 Å². The van der Waals surface area contributed by atoms with Gasteiger partial charge in [0.2, 0.25) is 5.91 Å². The number of nitrogen functional groups attached to an aromatic ring is 1. The topological polar surface area (TPSA) is 84.2 Å². The number of hydrogen-bond acceptors (Lipinski definition) is 3. The summed E-state index contributed by atoms with van der Waals surface area (Å²) in [6, 6.07) is 14.5. The van der Waals surface area contributed by atoms with Crippen molar-refractivity contribution >= 4 is 17.5 Å². The van der Waals surface area contributed by atoms with E-state index >= 15 is 0 Å². The van der Waals surface area contributed by atoms with E-state index in [0.29, 0.717) is 30.8 Å². The Morgan fingerprint density at radius 2 is 1.75 bits per heavy atom. The predicted molar refractivity (Wildman–Crippen MR) is 95.5 cm³/mol. The Bertz CT molecular complexity index is 696. The highest BCUT2D eigenvalue weighted by Gasteiger charge is 2.07. The first-order valence-corrected chi connectivity index (χ1v) is 8.06. The van der Waals surface area contributed by atoms with Gasteiger partial charge in [-0.25, -0.2) is 0 Å². The third-order valence-corrected chi connectivity index (χ3v) is 3.56. The van der Waals surface area contributed by atoms with Crippen LogP contribution in [0.15, 0.2) is 48.5 Å². The first-order valence-electron chi connectivity index (χ1n) is 8.06. The van der Waals surface area contributed by atoms with Gasteiger partial charge in [0.15, 0.2) is 0 Å². The quantitative estimate of drug-likeness (QED) is 0.683. The zero-order chi connectivity index (χ0) is 17.4. The van der Waals surface area contributed by atoms with E-state index in [9.17, 15) is 9.59 Å². The number of anilines is 1. The van der Waals surface area contributed by atoms with Gasteiger partial charge in [-0.3, -0.25) is 9.59 Å². The molecule has 2 amide bonds. The van der Waals surface area contributed by atoms with Crippen LogP contribution in [0, 0.1) is 0 Å². The third-order valence-electron chi connectivity index (χ3n) is 3.56. The van der Waals surface area contributed by atoms with Crippen LogP contribution >= 0.6 is 0 Å². The molecule has 0 aliphatic rings. The van der Waals surface area contributed by atoms with Gasteiger partial charge in [0, 0.05) is 24.3 Å². The summed E-state index contributed by atoms with van der Waals surface area (Å²) in [6.45, 7) is 3.05. The smallest absolute Gasteiger partial charge is 0.251 e. The van der Waals surface area contributed by atoms with E-state index in [1.54, 1.807) is 24.3 Å². The number of nitrogens with two attached hydrogens (primary N) is 1. The second-order valence-electron chi connectivity index (χ2n) is 5.65. The van der Waals surface area contributed by atoms with Crippen molar-refractivity contribution in [2.24, 2.45) is 0 Å². The molecule has 0 unspecified atom stereocenters. The minimum atomic E-state index is -0.0908. The number of nitrogens with one attached hydrogen (secondary N) is 2. The summed E-state index contributed by atoms with van der Waals surface area (Å²) in [5.41, 5.74) is 8.72. The highest BCUT2D eigenvalue weighted by Crippen LogP contribution is 2.07. The van der Waals surface area contributed by atoms with Gasteiger partial charge in [-0.1, -0.05) is 31.2 Å². The zero-order valence-corrected chi connectivity index (χ0v) is 13.8. The number of carbonyl (C=O) groups is 2. The lowest BCUT2D eigenvalue weighted by atomic mass is 10.1. The number of carbonyl (C=O) groups excluding carboxylic acids is 2. The number of rotatable bonds is 7. The van der Waals surface area contributed by atoms with Crippen molar-refractivity contribution in [2.75, 3.05) is 12.3 Å². The van der Waals surface area contributed by atoms with Crippen molar-refractivity contribution in [3.8, 4) is 0 Å². The standard InChI is InChI=1S/C19H23N3O2/c1-2-10-21-19(24)16-5-3-4-15(11-16)13-22-18(23)12-14-6-8-17(20)9-7-14/h3-9,11H,2,10,12-13,20H2,1H3,(H,21,24)(H,22,23). The van der Waals surface area contributed by atoms with Crippen LogP contribution in [0.25, 0.3) is 0 Å². The molecule has 2 aromatic rings. The molecule has 0 radical (unpaired) electrons. The molecule has 0 aromatic heterocycles. The highest BCUT2D eigenvalue weighted by atomic mass is 16.2. The van der Waals surface area contributed by atoms with E-state index in [4.69, 9.17) is 5.73 Å². The molecule has 2 rings (SSSR count). The van der Waals surface area contributed by atoms with Crippen LogP contribution in [-0.4, -0.2) is 18.4 Å². The van der Waals surface area contributed by atoms with Crippen LogP contribution < -0.4 is 16.4 Å². The summed E-state index contributed by atoms with van der Waals surface area (Å²) in [7, 11) is 0. The fraction of sp³-hybridized carbons (Fsp3) is 0.263. The van der Waals surface area contributed by atoms with Crippen molar-refractivity contribution in [3.63, 3.8) is 0 Å². The number of benzene rings is 2. The molecule has 0 fully saturated rings. The third kappa shape index (κ3) is 5.43. The van der Waals surface area contributed by atoms with Crippen molar-refractivity contribution in [2.45, 2.75) is 26.3 Å². The average molecular weight is 325 g/mol. The molecule has 24 heavy (non-hydrogen) atoms. The van der Waals surface area contributed by atoms with Gasteiger partial charge < -0.3 is 16.4 Å². The van der Waals surface area contributed by atoms with Crippen molar-refractivity contribution in [1.82, 2.24) is 10.6 Å². The summed E-state index contributed by atoms with van der Waals surface area (Å²) >= 11 is 0. The van der Waals surface area contributed by atoms with E-state index in [1.807, 2.05) is 31.2 Å². The van der Waals surface area contributed by atoms with Gasteiger partial charge in [0.1, 0.15) is 0 Å². The Labute approximate surface area is 142 Å². The van der Waals surface area contributed by atoms with Crippen molar-refractivity contribution in [3.05, 3.63) is 65.2 Å². The van der Waals surface area contributed by atoms with Gasteiger partial charge in [0.25, 0.3) is 5.91 Å². The average Bonchev–Trinajstić information content (AvgIpc) is 2.60. The van der Waals surface area contributed by atoms with Crippen LogP contribution in [0.1, 0.15) is 34.8 Å². The van der Waals surface area contributed by atoms with Gasteiger partial charge in [-0.05, 0) is 41.8 Å². The van der Waals surface area contributed by atoms with Crippen molar-refractivity contribution in [1.29, 1.82) is 0 Å². The molecule has 5 nitrogen and oxygen atoms in total. The minimum absolute atomic E-state index is 0.0689. The molecular formula is C19H23N3O2. The number of hydrogen-bond donors (Lipinski definition) is 3. The first-order chi connectivity index (χ1) is 11.6. The fourth-order valence-electron chi connectivity index (χ4n) is 2.25. The SMILES string of the molecule is CCCNC(=O)c1cccc(CNC(=O)Cc2ccc(N)cc2)c1. The Hall–Kier alpha value is -2.82. The molecule has 0 aliphatic carbocycles. The highest BCUT2D eigenvalue weighted by molar-refractivity contribution is 5.94. The molecule has 0 heterocycles. The monoisotopic (exact) mass is 325 g/mol. The fourth-order valence-corrected chi connectivity index (χ4v) is 2.25. The second-order valence-corrected chi connectivity index (χ2v) is 5.65. The van der Waals surface area contributed by atoms with E-state index in [2.05, 4.69) is 10.6 Å². The van der Waals surface area contributed by atoms with Crippen LogP contribution in [0.4, 0.5) is 5.69 Å². The largest absolute Gasteiger partial charge is 0.399 e. The molecule has 0 bridgehead atoms. The summed E-state index contributed by atoms with van der Waals surface area (Å²) in [6.07, 6.45) is 1.20. The first kappa shape index (κ1) is 17.5. The summed E-state index contributed by atoms with van der Waals surface area (Å²) < 4.78 is 0. The van der Waals surface area contributed by atoms with Gasteiger partial charge >= 0.3 is 0 Å². The van der Waals surface area contributed by atoms with E-state index < -0.39 is 0 Å². The number of amides is 2.